The highest BCUT2D eigenvalue weighted by molar-refractivity contribution is 9.10. The van der Waals surface area contributed by atoms with Gasteiger partial charge < -0.3 is 14.6 Å². The van der Waals surface area contributed by atoms with Crippen molar-refractivity contribution in [3.63, 3.8) is 0 Å². The van der Waals surface area contributed by atoms with Gasteiger partial charge in [-0.2, -0.15) is 0 Å². The molecule has 1 rings (SSSR count). The number of rotatable bonds is 3. The summed E-state index contributed by atoms with van der Waals surface area (Å²) in [6.07, 6.45) is -0.542. The second-order valence-electron chi connectivity index (χ2n) is 3.33. The summed E-state index contributed by atoms with van der Waals surface area (Å²) >= 11 is 3.42. The van der Waals surface area contributed by atoms with Crippen LogP contribution >= 0.6 is 15.9 Å². The van der Waals surface area contributed by atoms with Crippen molar-refractivity contribution >= 4 is 15.9 Å². The number of aryl methyl sites for hydroxylation is 1. The first-order valence-corrected chi connectivity index (χ1v) is 5.41. The number of aliphatic hydroxyl groups excluding tert-OH is 1. The van der Waals surface area contributed by atoms with Crippen molar-refractivity contribution in [2.75, 3.05) is 14.2 Å². The maximum atomic E-state index is 9.64. The molecule has 84 valence electrons. The van der Waals surface area contributed by atoms with Crippen molar-refractivity contribution in [3.8, 4) is 11.5 Å². The Labute approximate surface area is 98.1 Å². The van der Waals surface area contributed by atoms with Crippen LogP contribution in [0.15, 0.2) is 10.5 Å². The molecule has 1 atom stereocenters. The van der Waals surface area contributed by atoms with E-state index < -0.39 is 6.10 Å². The molecular formula is C11H15BrO3. The van der Waals surface area contributed by atoms with E-state index >= 15 is 0 Å². The summed E-state index contributed by atoms with van der Waals surface area (Å²) in [7, 11) is 3.16. The van der Waals surface area contributed by atoms with Gasteiger partial charge in [-0.05, 0) is 41.4 Å². The summed E-state index contributed by atoms with van der Waals surface area (Å²) in [4.78, 5) is 0. The van der Waals surface area contributed by atoms with Crippen molar-refractivity contribution in [1.29, 1.82) is 0 Å². The second-order valence-corrected chi connectivity index (χ2v) is 4.13. The molecule has 15 heavy (non-hydrogen) atoms. The second kappa shape index (κ2) is 4.86. The van der Waals surface area contributed by atoms with Crippen LogP contribution in [0.1, 0.15) is 24.2 Å². The molecule has 0 aliphatic carbocycles. The molecule has 0 saturated carbocycles. The quantitative estimate of drug-likeness (QED) is 0.921. The average molecular weight is 275 g/mol. The van der Waals surface area contributed by atoms with E-state index in [0.29, 0.717) is 11.5 Å². The number of benzene rings is 1. The highest BCUT2D eigenvalue weighted by Crippen LogP contribution is 2.41. The van der Waals surface area contributed by atoms with E-state index in [1.54, 1.807) is 21.1 Å². The molecule has 0 aromatic heterocycles. The van der Waals surface area contributed by atoms with Gasteiger partial charge in [0, 0.05) is 5.56 Å². The zero-order valence-corrected chi connectivity index (χ0v) is 10.9. The number of hydrogen-bond acceptors (Lipinski definition) is 3. The van der Waals surface area contributed by atoms with E-state index in [1.807, 2.05) is 13.0 Å². The van der Waals surface area contributed by atoms with E-state index in [-0.39, 0.29) is 0 Å². The van der Waals surface area contributed by atoms with Gasteiger partial charge in [-0.15, -0.1) is 0 Å². The first-order chi connectivity index (χ1) is 7.02. The number of methoxy groups -OCH3 is 2. The minimum absolute atomic E-state index is 0.542. The lowest BCUT2D eigenvalue weighted by Gasteiger charge is -2.17. The summed E-state index contributed by atoms with van der Waals surface area (Å²) in [5.41, 5.74) is 1.79. The lowest BCUT2D eigenvalue weighted by Crippen LogP contribution is -2.01. The van der Waals surface area contributed by atoms with Crippen LogP contribution in [0.25, 0.3) is 0 Å². The van der Waals surface area contributed by atoms with Crippen LogP contribution in [0.2, 0.25) is 0 Å². The minimum Gasteiger partial charge on any atom is -0.493 e. The molecule has 0 fully saturated rings. The van der Waals surface area contributed by atoms with Crippen molar-refractivity contribution in [3.05, 3.63) is 21.7 Å². The van der Waals surface area contributed by atoms with E-state index in [1.165, 1.54) is 0 Å². The van der Waals surface area contributed by atoms with Gasteiger partial charge in [0.2, 0.25) is 0 Å². The fraction of sp³-hybridized carbons (Fsp3) is 0.455. The lowest BCUT2D eigenvalue weighted by molar-refractivity contribution is 0.197. The number of aliphatic hydroxyl groups is 1. The highest BCUT2D eigenvalue weighted by atomic mass is 79.9. The van der Waals surface area contributed by atoms with Crippen LogP contribution < -0.4 is 9.47 Å². The van der Waals surface area contributed by atoms with Gasteiger partial charge in [0.25, 0.3) is 0 Å². The molecule has 0 aliphatic rings. The van der Waals surface area contributed by atoms with Crippen LogP contribution in [-0.2, 0) is 0 Å². The van der Waals surface area contributed by atoms with Crippen LogP contribution in [0, 0.1) is 6.92 Å². The Kier molecular flexibility index (Phi) is 3.99. The van der Waals surface area contributed by atoms with Crippen LogP contribution in [-0.4, -0.2) is 19.3 Å². The van der Waals surface area contributed by atoms with E-state index in [2.05, 4.69) is 15.9 Å². The average Bonchev–Trinajstić information content (AvgIpc) is 2.16. The number of halogens is 1. The molecule has 1 aromatic carbocycles. The molecule has 3 nitrogen and oxygen atoms in total. The first-order valence-electron chi connectivity index (χ1n) is 4.62. The third-order valence-electron chi connectivity index (χ3n) is 2.27. The number of ether oxygens (including phenoxy) is 2. The Bertz CT molecular complexity index is 361. The standard InChI is InChI=1S/C11H15BrO3/c1-6-5-8(14-3)11(15-4)10(12)9(6)7(2)13/h5,7,13H,1-4H3. The summed E-state index contributed by atoms with van der Waals surface area (Å²) in [5.74, 6) is 1.27. The molecule has 0 saturated heterocycles. The zero-order valence-electron chi connectivity index (χ0n) is 9.30. The van der Waals surface area contributed by atoms with Gasteiger partial charge in [0.05, 0.1) is 24.8 Å². The topological polar surface area (TPSA) is 38.7 Å². The van der Waals surface area contributed by atoms with Crippen molar-refractivity contribution < 1.29 is 14.6 Å². The predicted molar refractivity (Wildman–Crippen MR) is 62.6 cm³/mol. The Morgan fingerprint density at radius 2 is 1.93 bits per heavy atom. The fourth-order valence-electron chi connectivity index (χ4n) is 1.60. The highest BCUT2D eigenvalue weighted by Gasteiger charge is 2.18. The van der Waals surface area contributed by atoms with Crippen LogP contribution in [0.3, 0.4) is 0 Å². The summed E-state index contributed by atoms with van der Waals surface area (Å²) in [5, 5.41) is 9.64. The third kappa shape index (κ3) is 2.26. The minimum atomic E-state index is -0.542. The summed E-state index contributed by atoms with van der Waals surface area (Å²) in [6.45, 7) is 3.65. The van der Waals surface area contributed by atoms with Crippen LogP contribution in [0.4, 0.5) is 0 Å². The normalized spacial score (nSPS) is 12.4. The maximum absolute atomic E-state index is 9.64. The molecule has 0 bridgehead atoms. The zero-order chi connectivity index (χ0) is 11.6. The largest absolute Gasteiger partial charge is 0.493 e. The van der Waals surface area contributed by atoms with Gasteiger partial charge in [-0.1, -0.05) is 0 Å². The maximum Gasteiger partial charge on any atom is 0.175 e. The molecule has 1 unspecified atom stereocenters. The lowest BCUT2D eigenvalue weighted by atomic mass is 10.0. The summed E-state index contributed by atoms with van der Waals surface area (Å²) in [6, 6.07) is 1.85. The Morgan fingerprint density at radius 1 is 1.33 bits per heavy atom. The van der Waals surface area contributed by atoms with E-state index in [4.69, 9.17) is 9.47 Å². The monoisotopic (exact) mass is 274 g/mol. The Morgan fingerprint density at radius 3 is 2.33 bits per heavy atom. The van der Waals surface area contributed by atoms with Crippen molar-refractivity contribution in [1.82, 2.24) is 0 Å². The van der Waals surface area contributed by atoms with Gasteiger partial charge in [0.15, 0.2) is 11.5 Å². The van der Waals surface area contributed by atoms with E-state index in [9.17, 15) is 5.11 Å². The first kappa shape index (κ1) is 12.3. The van der Waals surface area contributed by atoms with Gasteiger partial charge >= 0.3 is 0 Å². The Balaban J connectivity index is 3.44. The molecule has 0 radical (unpaired) electrons. The molecule has 1 aromatic rings. The van der Waals surface area contributed by atoms with E-state index in [0.717, 1.165) is 15.6 Å². The molecule has 0 amide bonds. The number of hydrogen-bond donors (Lipinski definition) is 1. The molecular weight excluding hydrogens is 260 g/mol. The summed E-state index contributed by atoms with van der Waals surface area (Å²) < 4.78 is 11.2. The smallest absolute Gasteiger partial charge is 0.175 e. The molecule has 0 heterocycles. The van der Waals surface area contributed by atoms with Crippen molar-refractivity contribution in [2.24, 2.45) is 0 Å². The van der Waals surface area contributed by atoms with Gasteiger partial charge in [-0.3, -0.25) is 0 Å². The SMILES string of the molecule is COc1cc(C)c(C(C)O)c(Br)c1OC. The molecule has 0 aliphatic heterocycles. The van der Waals surface area contributed by atoms with Crippen LogP contribution in [0.5, 0.6) is 11.5 Å². The van der Waals surface area contributed by atoms with Crippen molar-refractivity contribution in [2.45, 2.75) is 20.0 Å². The van der Waals surface area contributed by atoms with Gasteiger partial charge in [-0.25, -0.2) is 0 Å². The fourth-order valence-corrected chi connectivity index (χ4v) is 2.60. The Hall–Kier alpha value is -0.740. The van der Waals surface area contributed by atoms with Gasteiger partial charge in [0.1, 0.15) is 0 Å². The molecule has 1 N–H and O–H groups in total. The third-order valence-corrected chi connectivity index (χ3v) is 3.06. The predicted octanol–water partition coefficient (Wildman–Crippen LogP) is 2.83. The molecule has 0 spiro atoms. The molecule has 4 heteroatoms.